The van der Waals surface area contributed by atoms with Crippen molar-refractivity contribution in [2.45, 2.75) is 6.54 Å². The van der Waals surface area contributed by atoms with E-state index in [0.29, 0.717) is 46.0 Å². The number of anilines is 2. The Morgan fingerprint density at radius 3 is 2.56 bits per heavy atom. The van der Waals surface area contributed by atoms with Crippen molar-refractivity contribution in [3.05, 3.63) is 84.1 Å². The molecule has 3 amide bonds. The number of benzene rings is 2. The van der Waals surface area contributed by atoms with E-state index >= 15 is 4.39 Å². The van der Waals surface area contributed by atoms with Gasteiger partial charge in [0.2, 0.25) is 0 Å². The highest BCUT2D eigenvalue weighted by Crippen LogP contribution is 2.36. The highest BCUT2D eigenvalue weighted by Gasteiger charge is 2.28. The number of carbonyl (C=O) groups is 2. The number of rotatable bonds is 4. The molecule has 1 aliphatic heterocycles. The number of hydrogen-bond donors (Lipinski definition) is 4. The minimum Gasteiger partial charge on any atom is -0.348 e. The summed E-state index contributed by atoms with van der Waals surface area (Å²) in [6.07, 6.45) is 4.84. The first kappa shape index (κ1) is 19.4. The lowest BCUT2D eigenvalue weighted by atomic mass is 9.92. The second kappa shape index (κ2) is 7.95. The SMILES string of the molecule is O=C(Nc1ccc(-c2ccc(-c3ncc[nH]3)c3c2CNC3=O)c(F)c1)Nc1ccccn1. The Balaban J connectivity index is 1.44. The minimum atomic E-state index is -0.533. The van der Waals surface area contributed by atoms with Gasteiger partial charge in [0.1, 0.15) is 17.5 Å². The quantitative estimate of drug-likeness (QED) is 0.391. The Labute approximate surface area is 181 Å². The first-order valence-electron chi connectivity index (χ1n) is 9.83. The smallest absolute Gasteiger partial charge is 0.324 e. The lowest BCUT2D eigenvalue weighted by molar-refractivity contribution is 0.0966. The lowest BCUT2D eigenvalue weighted by Gasteiger charge is -2.13. The lowest BCUT2D eigenvalue weighted by Crippen LogP contribution is -2.20. The number of halogens is 1. The third kappa shape index (κ3) is 3.56. The third-order valence-corrected chi connectivity index (χ3v) is 5.14. The molecule has 0 unspecified atom stereocenters. The van der Waals surface area contributed by atoms with E-state index in [2.05, 4.69) is 30.9 Å². The van der Waals surface area contributed by atoms with Crippen LogP contribution in [0.2, 0.25) is 0 Å². The maximum Gasteiger partial charge on any atom is 0.324 e. The summed E-state index contributed by atoms with van der Waals surface area (Å²) in [4.78, 5) is 35.9. The molecule has 0 aliphatic carbocycles. The Kier molecular flexibility index (Phi) is 4.83. The van der Waals surface area contributed by atoms with Crippen molar-refractivity contribution in [1.82, 2.24) is 20.3 Å². The topological polar surface area (TPSA) is 112 Å². The summed E-state index contributed by atoms with van der Waals surface area (Å²) >= 11 is 0. The molecule has 4 aromatic rings. The van der Waals surface area contributed by atoms with E-state index in [1.165, 1.54) is 6.07 Å². The monoisotopic (exact) mass is 428 g/mol. The van der Waals surface area contributed by atoms with Crippen molar-refractivity contribution in [2.75, 3.05) is 10.6 Å². The number of hydrogen-bond acceptors (Lipinski definition) is 4. The van der Waals surface area contributed by atoms with Crippen LogP contribution in [0.15, 0.2) is 67.1 Å². The normalized spacial score (nSPS) is 12.2. The summed E-state index contributed by atoms with van der Waals surface area (Å²) in [5, 5.41) is 7.97. The largest absolute Gasteiger partial charge is 0.348 e. The molecule has 0 bridgehead atoms. The summed E-state index contributed by atoms with van der Waals surface area (Å²) in [7, 11) is 0. The summed E-state index contributed by atoms with van der Waals surface area (Å²) in [6, 6.07) is 12.5. The number of pyridine rings is 1. The van der Waals surface area contributed by atoms with E-state index in [9.17, 15) is 9.59 Å². The van der Waals surface area contributed by atoms with Gasteiger partial charge in [-0.15, -0.1) is 0 Å². The van der Waals surface area contributed by atoms with Gasteiger partial charge >= 0.3 is 6.03 Å². The highest BCUT2D eigenvalue weighted by atomic mass is 19.1. The maximum absolute atomic E-state index is 15.0. The molecular formula is C23H17FN6O2. The maximum atomic E-state index is 15.0. The Morgan fingerprint density at radius 2 is 1.81 bits per heavy atom. The van der Waals surface area contributed by atoms with Crippen LogP contribution < -0.4 is 16.0 Å². The molecule has 3 heterocycles. The van der Waals surface area contributed by atoms with E-state index in [4.69, 9.17) is 0 Å². The zero-order valence-corrected chi connectivity index (χ0v) is 16.6. The fraction of sp³-hybridized carbons (Fsp3) is 0.0435. The number of nitrogens with one attached hydrogen (secondary N) is 4. The second-order valence-electron chi connectivity index (χ2n) is 7.12. The van der Waals surface area contributed by atoms with Crippen LogP contribution in [0.25, 0.3) is 22.5 Å². The Morgan fingerprint density at radius 1 is 0.969 bits per heavy atom. The Hall–Kier alpha value is -4.53. The van der Waals surface area contributed by atoms with Crippen molar-refractivity contribution in [2.24, 2.45) is 0 Å². The van der Waals surface area contributed by atoms with Crippen molar-refractivity contribution in [1.29, 1.82) is 0 Å². The van der Waals surface area contributed by atoms with Crippen LogP contribution in [0.4, 0.5) is 20.7 Å². The summed E-state index contributed by atoms with van der Waals surface area (Å²) < 4.78 is 15.0. The fourth-order valence-electron chi connectivity index (χ4n) is 3.74. The average molecular weight is 428 g/mol. The molecule has 0 radical (unpaired) electrons. The van der Waals surface area contributed by atoms with Gasteiger partial charge in [-0.25, -0.2) is 19.2 Å². The molecule has 0 fully saturated rings. The number of H-pyrrole nitrogens is 1. The van der Waals surface area contributed by atoms with Crippen LogP contribution >= 0.6 is 0 Å². The molecular weight excluding hydrogens is 411 g/mol. The number of aromatic nitrogens is 3. The van der Waals surface area contributed by atoms with Crippen molar-refractivity contribution in [3.8, 4) is 22.5 Å². The molecule has 9 heteroatoms. The molecule has 5 rings (SSSR count). The molecule has 0 atom stereocenters. The van der Waals surface area contributed by atoms with Crippen LogP contribution in [0.3, 0.4) is 0 Å². The highest BCUT2D eigenvalue weighted by molar-refractivity contribution is 6.06. The fourth-order valence-corrected chi connectivity index (χ4v) is 3.74. The van der Waals surface area contributed by atoms with Gasteiger partial charge in [-0.1, -0.05) is 12.1 Å². The van der Waals surface area contributed by atoms with Gasteiger partial charge in [-0.3, -0.25) is 10.1 Å². The predicted molar refractivity (Wildman–Crippen MR) is 117 cm³/mol. The van der Waals surface area contributed by atoms with Gasteiger partial charge in [-0.05, 0) is 47.5 Å². The molecule has 0 saturated heterocycles. The first-order valence-corrected chi connectivity index (χ1v) is 9.83. The van der Waals surface area contributed by atoms with Crippen LogP contribution in [-0.4, -0.2) is 26.9 Å². The van der Waals surface area contributed by atoms with Crippen LogP contribution in [0, 0.1) is 5.82 Å². The zero-order chi connectivity index (χ0) is 22.1. The van der Waals surface area contributed by atoms with Gasteiger partial charge < -0.3 is 15.6 Å². The van der Waals surface area contributed by atoms with Crippen LogP contribution in [0.5, 0.6) is 0 Å². The van der Waals surface area contributed by atoms with Crippen LogP contribution in [0.1, 0.15) is 15.9 Å². The zero-order valence-electron chi connectivity index (χ0n) is 16.6. The number of urea groups is 1. The van der Waals surface area contributed by atoms with Gasteiger partial charge in [0.05, 0.1) is 5.56 Å². The van der Waals surface area contributed by atoms with Crippen LogP contribution in [-0.2, 0) is 6.54 Å². The number of nitrogens with zero attached hydrogens (tertiary/aromatic N) is 2. The second-order valence-corrected chi connectivity index (χ2v) is 7.12. The van der Waals surface area contributed by atoms with Gasteiger partial charge in [-0.2, -0.15) is 0 Å². The molecule has 158 valence electrons. The van der Waals surface area contributed by atoms with Gasteiger partial charge in [0.15, 0.2) is 0 Å². The van der Waals surface area contributed by atoms with Gasteiger partial charge in [0, 0.05) is 41.9 Å². The number of carbonyl (C=O) groups excluding carboxylic acids is 2. The first-order chi connectivity index (χ1) is 15.6. The number of fused-ring (bicyclic) bond motifs is 1. The molecule has 0 spiro atoms. The average Bonchev–Trinajstić information content (AvgIpc) is 3.45. The number of amides is 3. The van der Waals surface area contributed by atoms with E-state index in [0.717, 1.165) is 0 Å². The van der Waals surface area contributed by atoms with E-state index in [1.807, 2.05) is 0 Å². The summed E-state index contributed by atoms with van der Waals surface area (Å²) in [5.41, 5.74) is 3.08. The summed E-state index contributed by atoms with van der Waals surface area (Å²) in [5.74, 6) is 0.210. The van der Waals surface area contributed by atoms with E-state index in [-0.39, 0.29) is 11.6 Å². The molecule has 4 N–H and O–H groups in total. The van der Waals surface area contributed by atoms with E-state index < -0.39 is 11.8 Å². The predicted octanol–water partition coefficient (Wildman–Crippen LogP) is 4.17. The molecule has 8 nitrogen and oxygen atoms in total. The molecule has 1 aliphatic rings. The van der Waals surface area contributed by atoms with Crippen molar-refractivity contribution >= 4 is 23.4 Å². The van der Waals surface area contributed by atoms with E-state index in [1.54, 1.807) is 61.1 Å². The molecule has 2 aromatic carbocycles. The standard InChI is InChI=1S/C23H17FN6O2/c24-18-11-13(29-23(32)30-19-3-1-2-8-25-19)4-5-15(18)14-6-7-16(21-26-9-10-27-21)20-17(14)12-28-22(20)31/h1-11H,12H2,(H,26,27)(H,28,31)(H2,25,29,30,32). The molecule has 0 saturated carbocycles. The number of aromatic amines is 1. The van der Waals surface area contributed by atoms with Crippen molar-refractivity contribution < 1.29 is 14.0 Å². The summed E-state index contributed by atoms with van der Waals surface area (Å²) in [6.45, 7) is 0.296. The number of imidazole rings is 1. The minimum absolute atomic E-state index is 0.224. The Bertz CT molecular complexity index is 1320. The van der Waals surface area contributed by atoms with Gasteiger partial charge in [0.25, 0.3) is 5.91 Å². The molecule has 32 heavy (non-hydrogen) atoms. The molecule has 2 aromatic heterocycles. The third-order valence-electron chi connectivity index (χ3n) is 5.14. The van der Waals surface area contributed by atoms with Crippen molar-refractivity contribution in [3.63, 3.8) is 0 Å².